The number of alkyl carbamates (subject to hydrolysis) is 1. The van der Waals surface area contributed by atoms with Gasteiger partial charge in [-0.3, -0.25) is 0 Å². The van der Waals surface area contributed by atoms with Crippen molar-refractivity contribution in [2.45, 2.75) is 65.5 Å². The molecule has 0 heterocycles. The van der Waals surface area contributed by atoms with E-state index >= 15 is 0 Å². The molecular formula is C25H31NO4. The van der Waals surface area contributed by atoms with Crippen molar-refractivity contribution in [3.63, 3.8) is 0 Å². The fraction of sp³-hybridized carbons (Fsp3) is 0.440. The standard InChI is InChI=1S/C25H31NO4/c1-7-29-22(27)25(26-23(28)30-24(4,5)6)14-19-12-11-18(13-20(19)15-25)21-16(2)9-8-10-17(21)3/h8-13H,7,14-15H2,1-6H3,(H,26,28). The fourth-order valence-electron chi connectivity index (χ4n) is 4.15. The van der Waals surface area contributed by atoms with Crippen LogP contribution in [0.15, 0.2) is 36.4 Å². The number of rotatable bonds is 4. The predicted octanol–water partition coefficient (Wildman–Crippen LogP) is 4.90. The first-order valence-electron chi connectivity index (χ1n) is 10.4. The minimum atomic E-state index is -1.15. The van der Waals surface area contributed by atoms with Gasteiger partial charge in [0.2, 0.25) is 0 Å². The lowest BCUT2D eigenvalue weighted by atomic mass is 9.93. The zero-order chi connectivity index (χ0) is 22.1. The van der Waals surface area contributed by atoms with Gasteiger partial charge in [-0.15, -0.1) is 0 Å². The smallest absolute Gasteiger partial charge is 0.408 e. The van der Waals surface area contributed by atoms with E-state index in [1.807, 2.05) is 6.07 Å². The highest BCUT2D eigenvalue weighted by atomic mass is 16.6. The average Bonchev–Trinajstić information content (AvgIpc) is 2.98. The zero-order valence-corrected chi connectivity index (χ0v) is 18.7. The SMILES string of the molecule is CCOC(=O)C1(NC(=O)OC(C)(C)C)Cc2ccc(-c3c(C)cccc3C)cc2C1. The minimum Gasteiger partial charge on any atom is -0.464 e. The zero-order valence-electron chi connectivity index (χ0n) is 18.7. The van der Waals surface area contributed by atoms with Gasteiger partial charge in [0.25, 0.3) is 0 Å². The number of hydrogen-bond donors (Lipinski definition) is 1. The number of fused-ring (bicyclic) bond motifs is 1. The van der Waals surface area contributed by atoms with E-state index in [9.17, 15) is 9.59 Å². The molecule has 1 N–H and O–H groups in total. The topological polar surface area (TPSA) is 64.6 Å². The third-order valence-electron chi connectivity index (χ3n) is 5.37. The van der Waals surface area contributed by atoms with E-state index in [4.69, 9.17) is 9.47 Å². The van der Waals surface area contributed by atoms with Gasteiger partial charge < -0.3 is 14.8 Å². The molecule has 1 atom stereocenters. The van der Waals surface area contributed by atoms with E-state index in [-0.39, 0.29) is 6.61 Å². The number of amides is 1. The molecular weight excluding hydrogens is 378 g/mol. The predicted molar refractivity (Wildman–Crippen MR) is 117 cm³/mol. The Morgan fingerprint density at radius 2 is 1.67 bits per heavy atom. The number of hydrogen-bond acceptors (Lipinski definition) is 4. The molecule has 160 valence electrons. The molecule has 0 spiro atoms. The van der Waals surface area contributed by atoms with Crippen LogP contribution in [0.4, 0.5) is 4.79 Å². The summed E-state index contributed by atoms with van der Waals surface area (Å²) in [6.07, 6.45) is 0.144. The van der Waals surface area contributed by atoms with Crippen LogP contribution in [0.25, 0.3) is 11.1 Å². The summed E-state index contributed by atoms with van der Waals surface area (Å²) in [5.74, 6) is -0.430. The Morgan fingerprint density at radius 3 is 2.27 bits per heavy atom. The lowest BCUT2D eigenvalue weighted by molar-refractivity contribution is -0.150. The number of nitrogens with one attached hydrogen (secondary N) is 1. The van der Waals surface area contributed by atoms with Gasteiger partial charge in [-0.05, 0) is 74.9 Å². The fourth-order valence-corrected chi connectivity index (χ4v) is 4.15. The maximum absolute atomic E-state index is 12.9. The molecule has 0 aliphatic heterocycles. The van der Waals surface area contributed by atoms with Crippen molar-refractivity contribution in [2.24, 2.45) is 0 Å². The van der Waals surface area contributed by atoms with E-state index in [0.717, 1.165) is 16.7 Å². The van der Waals surface area contributed by atoms with E-state index in [2.05, 4.69) is 49.5 Å². The summed E-state index contributed by atoms with van der Waals surface area (Å²) < 4.78 is 10.8. The molecule has 0 radical (unpaired) electrons. The summed E-state index contributed by atoms with van der Waals surface area (Å²) in [5, 5.41) is 2.83. The van der Waals surface area contributed by atoms with Crippen molar-refractivity contribution in [3.05, 3.63) is 58.7 Å². The van der Waals surface area contributed by atoms with Crippen LogP contribution < -0.4 is 5.32 Å². The summed E-state index contributed by atoms with van der Waals surface area (Å²) in [5.41, 5.74) is 5.00. The summed E-state index contributed by atoms with van der Waals surface area (Å²) in [6, 6.07) is 12.5. The molecule has 1 aliphatic rings. The molecule has 2 aromatic rings. The molecule has 1 aliphatic carbocycles. The molecule has 30 heavy (non-hydrogen) atoms. The molecule has 1 unspecified atom stereocenters. The van der Waals surface area contributed by atoms with Crippen LogP contribution in [0, 0.1) is 13.8 Å². The molecule has 1 amide bonds. The highest BCUT2D eigenvalue weighted by Crippen LogP contribution is 2.36. The summed E-state index contributed by atoms with van der Waals surface area (Å²) in [4.78, 5) is 25.4. The second-order valence-electron chi connectivity index (χ2n) is 9.03. The molecule has 0 saturated heterocycles. The van der Waals surface area contributed by atoms with Gasteiger partial charge >= 0.3 is 12.1 Å². The van der Waals surface area contributed by atoms with Crippen LogP contribution in [0.1, 0.15) is 49.9 Å². The first kappa shape index (κ1) is 21.9. The van der Waals surface area contributed by atoms with Gasteiger partial charge in [0, 0.05) is 12.8 Å². The Hall–Kier alpha value is -2.82. The molecule has 5 heteroatoms. The van der Waals surface area contributed by atoms with Crippen molar-refractivity contribution in [2.75, 3.05) is 6.61 Å². The van der Waals surface area contributed by atoms with Crippen molar-refractivity contribution in [1.29, 1.82) is 0 Å². The van der Waals surface area contributed by atoms with Gasteiger partial charge in [-0.1, -0.05) is 36.4 Å². The van der Waals surface area contributed by atoms with Gasteiger partial charge in [-0.25, -0.2) is 9.59 Å². The second-order valence-corrected chi connectivity index (χ2v) is 9.03. The monoisotopic (exact) mass is 409 g/mol. The maximum atomic E-state index is 12.9. The van der Waals surface area contributed by atoms with Gasteiger partial charge in [-0.2, -0.15) is 0 Å². The second kappa shape index (κ2) is 8.13. The van der Waals surface area contributed by atoms with Gasteiger partial charge in [0.1, 0.15) is 11.1 Å². The minimum absolute atomic E-state index is 0.251. The highest BCUT2D eigenvalue weighted by molar-refractivity contribution is 5.88. The van der Waals surface area contributed by atoms with Crippen molar-refractivity contribution in [3.8, 4) is 11.1 Å². The number of aryl methyl sites for hydroxylation is 2. The molecule has 3 rings (SSSR count). The normalized spacial score (nSPS) is 17.9. The summed E-state index contributed by atoms with van der Waals surface area (Å²) >= 11 is 0. The Bertz CT molecular complexity index is 953. The lowest BCUT2D eigenvalue weighted by Crippen LogP contribution is -2.57. The van der Waals surface area contributed by atoms with Crippen molar-refractivity contribution >= 4 is 12.1 Å². The van der Waals surface area contributed by atoms with E-state index in [0.29, 0.717) is 12.8 Å². The van der Waals surface area contributed by atoms with Crippen molar-refractivity contribution < 1.29 is 19.1 Å². The third-order valence-corrected chi connectivity index (χ3v) is 5.37. The number of benzene rings is 2. The first-order valence-corrected chi connectivity index (χ1v) is 10.4. The lowest BCUT2D eigenvalue weighted by Gasteiger charge is -2.29. The highest BCUT2D eigenvalue weighted by Gasteiger charge is 2.47. The third kappa shape index (κ3) is 4.50. The Labute approximate surface area is 178 Å². The van der Waals surface area contributed by atoms with E-state index in [1.165, 1.54) is 16.7 Å². The van der Waals surface area contributed by atoms with Crippen LogP contribution in [-0.2, 0) is 27.1 Å². The van der Waals surface area contributed by atoms with Crippen LogP contribution >= 0.6 is 0 Å². The van der Waals surface area contributed by atoms with Gasteiger partial charge in [0.05, 0.1) is 6.61 Å². The first-order chi connectivity index (χ1) is 14.0. The Balaban J connectivity index is 1.95. The van der Waals surface area contributed by atoms with E-state index in [1.54, 1.807) is 27.7 Å². The largest absolute Gasteiger partial charge is 0.464 e. The quantitative estimate of drug-likeness (QED) is 0.730. The molecule has 0 aromatic heterocycles. The molecule has 0 saturated carbocycles. The summed E-state index contributed by atoms with van der Waals surface area (Å²) in [7, 11) is 0. The Morgan fingerprint density at radius 1 is 1.03 bits per heavy atom. The number of carbonyl (C=O) groups is 2. The van der Waals surface area contributed by atoms with Crippen molar-refractivity contribution in [1.82, 2.24) is 5.32 Å². The van der Waals surface area contributed by atoms with Crippen LogP contribution in [0.3, 0.4) is 0 Å². The van der Waals surface area contributed by atoms with Crippen LogP contribution in [0.5, 0.6) is 0 Å². The molecule has 5 nitrogen and oxygen atoms in total. The molecule has 0 bridgehead atoms. The van der Waals surface area contributed by atoms with Crippen LogP contribution in [0.2, 0.25) is 0 Å². The Kier molecular flexibility index (Phi) is 5.93. The number of ether oxygens (including phenoxy) is 2. The molecule has 2 aromatic carbocycles. The number of esters is 1. The molecule has 0 fully saturated rings. The average molecular weight is 410 g/mol. The maximum Gasteiger partial charge on any atom is 0.408 e. The van der Waals surface area contributed by atoms with Gasteiger partial charge in [0.15, 0.2) is 0 Å². The van der Waals surface area contributed by atoms with Crippen LogP contribution in [-0.4, -0.2) is 29.8 Å². The summed E-state index contributed by atoms with van der Waals surface area (Å²) in [6.45, 7) is 11.6. The number of carbonyl (C=O) groups excluding carboxylic acids is 2. The van der Waals surface area contributed by atoms with E-state index < -0.39 is 23.2 Å².